The Morgan fingerprint density at radius 2 is 1.76 bits per heavy atom. The van der Waals surface area contributed by atoms with Gasteiger partial charge >= 0.3 is 6.18 Å². The number of ether oxygens (including phenoxy) is 1. The Balaban J connectivity index is 1.25. The smallest absolute Gasteiger partial charge is 0.434 e. The zero-order valence-corrected chi connectivity index (χ0v) is 22.7. The van der Waals surface area contributed by atoms with Gasteiger partial charge in [-0.25, -0.2) is 24.9 Å². The van der Waals surface area contributed by atoms with Gasteiger partial charge in [-0.1, -0.05) is 24.3 Å². The van der Waals surface area contributed by atoms with Crippen LogP contribution in [0.15, 0.2) is 59.9 Å². The highest BCUT2D eigenvalue weighted by Crippen LogP contribution is 2.45. The van der Waals surface area contributed by atoms with Crippen molar-refractivity contribution in [2.24, 2.45) is 7.05 Å². The van der Waals surface area contributed by atoms with Crippen LogP contribution in [0.2, 0.25) is 0 Å². The second kappa shape index (κ2) is 10.0. The van der Waals surface area contributed by atoms with E-state index in [1.807, 2.05) is 0 Å². The summed E-state index contributed by atoms with van der Waals surface area (Å²) in [5.74, 6) is 1.38. The first-order chi connectivity index (χ1) is 20.2. The Kier molecular flexibility index (Phi) is 6.28. The number of aryl methyl sites for hydroxylation is 1. The van der Waals surface area contributed by atoms with Crippen molar-refractivity contribution in [3.05, 3.63) is 82.4 Å². The van der Waals surface area contributed by atoms with Crippen molar-refractivity contribution in [2.75, 3.05) is 0 Å². The van der Waals surface area contributed by atoms with Crippen LogP contribution in [-0.4, -0.2) is 40.2 Å². The summed E-state index contributed by atoms with van der Waals surface area (Å²) in [6.45, 7) is 0.202. The maximum Gasteiger partial charge on any atom is 0.434 e. The van der Waals surface area contributed by atoms with Crippen LogP contribution in [0.1, 0.15) is 55.0 Å². The Hall–Kier alpha value is -4.61. The van der Waals surface area contributed by atoms with Crippen molar-refractivity contribution >= 4 is 11.0 Å². The van der Waals surface area contributed by atoms with E-state index in [-0.39, 0.29) is 24.0 Å². The molecular formula is C30H26F3N7O2. The summed E-state index contributed by atoms with van der Waals surface area (Å²) < 4.78 is 48.5. The van der Waals surface area contributed by atoms with Gasteiger partial charge < -0.3 is 9.30 Å². The summed E-state index contributed by atoms with van der Waals surface area (Å²) >= 11 is 0. The van der Waals surface area contributed by atoms with Gasteiger partial charge in [0.25, 0.3) is 5.56 Å². The minimum atomic E-state index is -4.53. The maximum atomic E-state index is 13.1. The van der Waals surface area contributed by atoms with Gasteiger partial charge in [-0.3, -0.25) is 9.36 Å². The molecule has 0 bridgehead atoms. The number of hydrogen-bond donors (Lipinski definition) is 0. The summed E-state index contributed by atoms with van der Waals surface area (Å²) in [6, 6.07) is 10.1. The molecule has 0 saturated heterocycles. The summed E-state index contributed by atoms with van der Waals surface area (Å²) in [6.07, 6.45) is 4.88. The fourth-order valence-corrected chi connectivity index (χ4v) is 5.15. The van der Waals surface area contributed by atoms with Crippen molar-refractivity contribution in [1.82, 2.24) is 34.1 Å². The Labute approximate surface area is 238 Å². The summed E-state index contributed by atoms with van der Waals surface area (Å²) in [4.78, 5) is 35.3. The number of hydrogen-bond acceptors (Lipinski definition) is 7. The molecule has 5 aromatic rings. The van der Waals surface area contributed by atoms with Crippen LogP contribution in [0.5, 0.6) is 5.88 Å². The van der Waals surface area contributed by atoms with Crippen LogP contribution < -0.4 is 10.3 Å². The number of halogens is 3. The lowest BCUT2D eigenvalue weighted by molar-refractivity contribution is -0.140. The van der Waals surface area contributed by atoms with Crippen LogP contribution in [0.3, 0.4) is 0 Å². The molecule has 4 heterocycles. The molecule has 214 valence electrons. The van der Waals surface area contributed by atoms with Crippen LogP contribution >= 0.6 is 0 Å². The molecule has 2 aliphatic carbocycles. The molecule has 0 radical (unpaired) electrons. The number of imidazole rings is 1. The molecule has 2 aliphatic rings. The molecule has 2 fully saturated rings. The van der Waals surface area contributed by atoms with E-state index in [9.17, 15) is 18.0 Å². The molecule has 0 spiro atoms. The monoisotopic (exact) mass is 573 g/mol. The third-order valence-electron chi connectivity index (χ3n) is 7.80. The van der Waals surface area contributed by atoms with Crippen molar-refractivity contribution in [2.45, 2.75) is 56.8 Å². The highest BCUT2D eigenvalue weighted by atomic mass is 19.4. The third-order valence-corrected chi connectivity index (χ3v) is 7.80. The van der Waals surface area contributed by atoms with Gasteiger partial charge in [-0.15, -0.1) is 0 Å². The number of aromatic nitrogens is 7. The van der Waals surface area contributed by atoms with Gasteiger partial charge in [0.1, 0.15) is 29.5 Å². The summed E-state index contributed by atoms with van der Waals surface area (Å²) in [5.41, 5.74) is 2.11. The number of alkyl halides is 3. The molecule has 0 amide bonds. The van der Waals surface area contributed by atoms with Gasteiger partial charge in [-0.05, 0) is 43.7 Å². The van der Waals surface area contributed by atoms with E-state index in [2.05, 4.69) is 19.9 Å². The SMILES string of the molecule is Cn1cc(C(F)(F)F)nc1-c1ccc(Cn2c(=O)ccc3cnc(-c4c(OC5CCC5)ncnc4C4CC4)nc32)cc1. The van der Waals surface area contributed by atoms with Gasteiger partial charge in [0.15, 0.2) is 11.5 Å². The van der Waals surface area contributed by atoms with E-state index in [1.165, 1.54) is 24.0 Å². The van der Waals surface area contributed by atoms with E-state index < -0.39 is 11.9 Å². The number of pyridine rings is 1. The van der Waals surface area contributed by atoms with Crippen LogP contribution in [0.4, 0.5) is 13.2 Å². The van der Waals surface area contributed by atoms with Gasteiger partial charge in [0.05, 0.1) is 12.2 Å². The fraction of sp³-hybridized carbons (Fsp3) is 0.333. The Bertz CT molecular complexity index is 1860. The van der Waals surface area contributed by atoms with E-state index in [1.54, 1.807) is 41.1 Å². The Morgan fingerprint density at radius 1 is 0.976 bits per heavy atom. The average Bonchev–Trinajstić information content (AvgIpc) is 3.72. The maximum absolute atomic E-state index is 13.1. The van der Waals surface area contributed by atoms with Crippen molar-refractivity contribution in [1.29, 1.82) is 0 Å². The number of fused-ring (bicyclic) bond motifs is 1. The van der Waals surface area contributed by atoms with E-state index >= 15 is 0 Å². The van der Waals surface area contributed by atoms with E-state index in [0.717, 1.165) is 49.6 Å². The first-order valence-corrected chi connectivity index (χ1v) is 13.8. The lowest BCUT2D eigenvalue weighted by atomic mass is 9.96. The Morgan fingerprint density at radius 3 is 2.43 bits per heavy atom. The van der Waals surface area contributed by atoms with Gasteiger partial charge in [-0.2, -0.15) is 13.2 Å². The number of benzene rings is 1. The molecule has 0 atom stereocenters. The van der Waals surface area contributed by atoms with Crippen LogP contribution in [-0.2, 0) is 19.8 Å². The second-order valence-corrected chi connectivity index (χ2v) is 10.9. The van der Waals surface area contributed by atoms with Gasteiger partial charge in [0.2, 0.25) is 5.88 Å². The van der Waals surface area contributed by atoms with Crippen molar-refractivity contribution in [3.8, 4) is 28.7 Å². The molecule has 7 rings (SSSR count). The van der Waals surface area contributed by atoms with Crippen molar-refractivity contribution < 1.29 is 17.9 Å². The molecule has 2 saturated carbocycles. The minimum Gasteiger partial charge on any atom is -0.474 e. The van der Waals surface area contributed by atoms with E-state index in [4.69, 9.17) is 9.72 Å². The van der Waals surface area contributed by atoms with Crippen LogP contribution in [0, 0.1) is 0 Å². The lowest BCUT2D eigenvalue weighted by Crippen LogP contribution is -2.25. The zero-order chi connectivity index (χ0) is 29.0. The average molecular weight is 574 g/mol. The molecule has 0 N–H and O–H groups in total. The molecule has 4 aromatic heterocycles. The molecule has 0 aliphatic heterocycles. The topological polar surface area (TPSA) is 101 Å². The van der Waals surface area contributed by atoms with Crippen LogP contribution in [0.25, 0.3) is 33.8 Å². The number of rotatable bonds is 7. The predicted molar refractivity (Wildman–Crippen MR) is 148 cm³/mol. The molecule has 12 heteroatoms. The zero-order valence-electron chi connectivity index (χ0n) is 22.7. The normalized spacial score (nSPS) is 15.6. The minimum absolute atomic E-state index is 0.109. The molecular weight excluding hydrogens is 547 g/mol. The standard InChI is InChI=1S/C30H26F3N7O2/c1-39-15-22(30(31,32)33)37-27(39)19-7-5-17(6-8-19)14-40-23(41)12-11-20-13-34-26(38-28(20)40)24-25(18-9-10-18)35-16-36-29(24)42-21-3-2-4-21/h5-8,11-13,15-16,18,21H,2-4,9-10,14H2,1H3. The van der Waals surface area contributed by atoms with E-state index in [0.29, 0.717) is 39.8 Å². The third kappa shape index (κ3) is 4.90. The molecule has 1 aromatic carbocycles. The largest absolute Gasteiger partial charge is 0.474 e. The summed E-state index contributed by atoms with van der Waals surface area (Å²) in [5, 5.41) is 0.689. The quantitative estimate of drug-likeness (QED) is 0.253. The highest BCUT2D eigenvalue weighted by molar-refractivity contribution is 5.78. The first-order valence-electron chi connectivity index (χ1n) is 13.8. The van der Waals surface area contributed by atoms with Crippen molar-refractivity contribution in [3.63, 3.8) is 0 Å². The second-order valence-electron chi connectivity index (χ2n) is 10.9. The van der Waals surface area contributed by atoms with Gasteiger partial charge in [0, 0.05) is 42.4 Å². The first kappa shape index (κ1) is 26.3. The summed E-state index contributed by atoms with van der Waals surface area (Å²) in [7, 11) is 1.52. The number of nitrogens with zero attached hydrogens (tertiary/aromatic N) is 7. The molecule has 9 nitrogen and oxygen atoms in total. The molecule has 0 unspecified atom stereocenters. The highest BCUT2D eigenvalue weighted by Gasteiger charge is 2.35. The lowest BCUT2D eigenvalue weighted by Gasteiger charge is -2.26. The predicted octanol–water partition coefficient (Wildman–Crippen LogP) is 5.52. The molecule has 42 heavy (non-hydrogen) atoms. The fourth-order valence-electron chi connectivity index (χ4n) is 5.15.